The Hall–Kier alpha value is -1.56. The summed E-state index contributed by atoms with van der Waals surface area (Å²) in [5.74, 6) is 0.725. The van der Waals surface area contributed by atoms with Gasteiger partial charge in [0.05, 0.1) is 0 Å². The molecule has 2 rings (SSSR count). The van der Waals surface area contributed by atoms with Gasteiger partial charge in [-0.05, 0) is 30.7 Å². The summed E-state index contributed by atoms with van der Waals surface area (Å²) in [4.78, 5) is 24.6. The van der Waals surface area contributed by atoms with Gasteiger partial charge in [-0.2, -0.15) is 0 Å². The zero-order valence-corrected chi connectivity index (χ0v) is 13.9. The fourth-order valence-electron chi connectivity index (χ4n) is 2.30. The first kappa shape index (κ1) is 16.8. The van der Waals surface area contributed by atoms with E-state index in [4.69, 9.17) is 0 Å². The molecule has 0 radical (unpaired) electrons. The van der Waals surface area contributed by atoms with Gasteiger partial charge in [-0.15, -0.1) is 11.3 Å². The highest BCUT2D eigenvalue weighted by Gasteiger charge is 2.24. The zero-order chi connectivity index (χ0) is 15.8. The zero-order valence-electron chi connectivity index (χ0n) is 13.1. The Bertz CT molecular complexity index is 472. The topological polar surface area (TPSA) is 70.2 Å². The van der Waals surface area contributed by atoms with Crippen molar-refractivity contribution in [3.05, 3.63) is 22.4 Å². The van der Waals surface area contributed by atoms with Gasteiger partial charge in [0.1, 0.15) is 0 Å². The first-order valence-corrected chi connectivity index (χ1v) is 8.87. The number of rotatable bonds is 8. The molecule has 1 atom stereocenters. The van der Waals surface area contributed by atoms with Gasteiger partial charge in [0, 0.05) is 36.3 Å². The highest BCUT2D eigenvalue weighted by atomic mass is 32.1. The molecule has 1 aliphatic rings. The summed E-state index contributed by atoms with van der Waals surface area (Å²) in [6.45, 7) is 3.93. The molecule has 0 aromatic carbocycles. The molecule has 3 N–H and O–H groups in total. The first-order valence-electron chi connectivity index (χ1n) is 7.99. The summed E-state index contributed by atoms with van der Waals surface area (Å²) in [6.07, 6.45) is 3.97. The van der Waals surface area contributed by atoms with Crippen LogP contribution < -0.4 is 16.0 Å². The number of urea groups is 1. The van der Waals surface area contributed by atoms with E-state index in [0.717, 1.165) is 19.3 Å². The molecule has 22 heavy (non-hydrogen) atoms. The summed E-state index contributed by atoms with van der Waals surface area (Å²) in [6, 6.07) is 3.96. The highest BCUT2D eigenvalue weighted by Crippen LogP contribution is 2.26. The van der Waals surface area contributed by atoms with E-state index in [0.29, 0.717) is 25.6 Å². The molecule has 1 heterocycles. The first-order chi connectivity index (χ1) is 10.7. The van der Waals surface area contributed by atoms with Crippen molar-refractivity contribution in [1.29, 1.82) is 0 Å². The maximum atomic E-state index is 11.7. The van der Waals surface area contributed by atoms with E-state index in [1.54, 1.807) is 11.3 Å². The van der Waals surface area contributed by atoms with Gasteiger partial charge in [-0.3, -0.25) is 4.79 Å². The van der Waals surface area contributed by atoms with Crippen LogP contribution in [0.3, 0.4) is 0 Å². The second-order valence-corrected chi connectivity index (χ2v) is 6.80. The molecule has 0 saturated heterocycles. The Balaban J connectivity index is 1.48. The van der Waals surface area contributed by atoms with Crippen LogP contribution in [0.4, 0.5) is 4.79 Å². The van der Waals surface area contributed by atoms with Crippen LogP contribution >= 0.6 is 11.3 Å². The van der Waals surface area contributed by atoms with Crippen molar-refractivity contribution < 1.29 is 9.59 Å². The van der Waals surface area contributed by atoms with Crippen molar-refractivity contribution in [3.63, 3.8) is 0 Å². The normalized spacial score (nSPS) is 15.7. The average Bonchev–Trinajstić information content (AvgIpc) is 2.96. The molecule has 0 spiro atoms. The lowest BCUT2D eigenvalue weighted by atomic mass is 9.85. The van der Waals surface area contributed by atoms with E-state index in [2.05, 4.69) is 28.9 Å². The van der Waals surface area contributed by atoms with Gasteiger partial charge in [-0.1, -0.05) is 19.4 Å². The van der Waals surface area contributed by atoms with Crippen molar-refractivity contribution in [2.75, 3.05) is 19.6 Å². The Kier molecular flexibility index (Phi) is 6.71. The maximum absolute atomic E-state index is 11.7. The Morgan fingerprint density at radius 3 is 2.68 bits per heavy atom. The Labute approximate surface area is 135 Å². The predicted octanol–water partition coefficient (Wildman–Crippen LogP) is 2.46. The molecular weight excluding hydrogens is 298 g/mol. The summed E-state index contributed by atoms with van der Waals surface area (Å²) in [7, 11) is 0. The number of hydrogen-bond donors (Lipinski definition) is 3. The van der Waals surface area contributed by atoms with E-state index in [1.807, 2.05) is 11.4 Å². The number of hydrogen-bond acceptors (Lipinski definition) is 3. The molecule has 1 aromatic rings. The lowest BCUT2D eigenvalue weighted by Crippen LogP contribution is -2.39. The standard InChI is InChI=1S/C16H25N3O2S/c1-12(14-7-3-10-22-14)11-19-16(21)18-9-4-8-17-15(20)13-5-2-6-13/h3,7,10,12-13H,2,4-6,8-9,11H2,1H3,(H,17,20)(H2,18,19,21)/t12-/m1/s1. The number of nitrogens with one attached hydrogen (secondary N) is 3. The van der Waals surface area contributed by atoms with Gasteiger partial charge < -0.3 is 16.0 Å². The second-order valence-electron chi connectivity index (χ2n) is 5.83. The number of thiophene rings is 1. The van der Waals surface area contributed by atoms with Crippen LogP contribution in [0.5, 0.6) is 0 Å². The molecule has 1 saturated carbocycles. The highest BCUT2D eigenvalue weighted by molar-refractivity contribution is 7.10. The number of carbonyl (C=O) groups is 2. The number of amides is 3. The van der Waals surface area contributed by atoms with Gasteiger partial charge in [0.15, 0.2) is 0 Å². The van der Waals surface area contributed by atoms with Crippen LogP contribution in [0.2, 0.25) is 0 Å². The Morgan fingerprint density at radius 2 is 2.05 bits per heavy atom. The third kappa shape index (κ3) is 5.33. The molecule has 1 aromatic heterocycles. The van der Waals surface area contributed by atoms with E-state index in [-0.39, 0.29) is 17.9 Å². The van der Waals surface area contributed by atoms with Crippen molar-refractivity contribution in [3.8, 4) is 0 Å². The molecule has 0 bridgehead atoms. The van der Waals surface area contributed by atoms with Crippen LogP contribution in [0.25, 0.3) is 0 Å². The van der Waals surface area contributed by atoms with E-state index >= 15 is 0 Å². The molecule has 0 unspecified atom stereocenters. The third-order valence-corrected chi connectivity index (χ3v) is 5.12. The third-order valence-electron chi connectivity index (χ3n) is 4.01. The minimum Gasteiger partial charge on any atom is -0.356 e. The molecule has 5 nitrogen and oxygen atoms in total. The van der Waals surface area contributed by atoms with Gasteiger partial charge >= 0.3 is 6.03 Å². The van der Waals surface area contributed by atoms with E-state index in [1.165, 1.54) is 11.3 Å². The quantitative estimate of drug-likeness (QED) is 0.643. The molecule has 1 fully saturated rings. The fourth-order valence-corrected chi connectivity index (χ4v) is 3.08. The fraction of sp³-hybridized carbons (Fsp3) is 0.625. The minimum absolute atomic E-state index is 0.145. The summed E-state index contributed by atoms with van der Waals surface area (Å²) in [5.41, 5.74) is 0. The smallest absolute Gasteiger partial charge is 0.314 e. The molecular formula is C16H25N3O2S. The molecule has 0 aliphatic heterocycles. The summed E-state index contributed by atoms with van der Waals surface area (Å²) >= 11 is 1.71. The predicted molar refractivity (Wildman–Crippen MR) is 89.1 cm³/mol. The molecule has 1 aliphatic carbocycles. The van der Waals surface area contributed by atoms with Crippen molar-refractivity contribution in [2.45, 2.75) is 38.5 Å². The molecule has 6 heteroatoms. The Morgan fingerprint density at radius 1 is 1.27 bits per heavy atom. The molecule has 3 amide bonds. The van der Waals surface area contributed by atoms with Crippen LogP contribution in [-0.2, 0) is 4.79 Å². The monoisotopic (exact) mass is 323 g/mol. The van der Waals surface area contributed by atoms with Crippen LogP contribution in [0.1, 0.15) is 43.4 Å². The molecule has 122 valence electrons. The average molecular weight is 323 g/mol. The second kappa shape index (κ2) is 8.78. The van der Waals surface area contributed by atoms with Crippen LogP contribution in [-0.4, -0.2) is 31.6 Å². The van der Waals surface area contributed by atoms with Crippen LogP contribution in [0, 0.1) is 5.92 Å². The van der Waals surface area contributed by atoms with Crippen molar-refractivity contribution >= 4 is 23.3 Å². The van der Waals surface area contributed by atoms with E-state index < -0.39 is 0 Å². The maximum Gasteiger partial charge on any atom is 0.314 e. The summed E-state index contributed by atoms with van der Waals surface area (Å²) < 4.78 is 0. The van der Waals surface area contributed by atoms with Gasteiger partial charge in [-0.25, -0.2) is 4.79 Å². The lowest BCUT2D eigenvalue weighted by molar-refractivity contribution is -0.127. The van der Waals surface area contributed by atoms with Crippen molar-refractivity contribution in [1.82, 2.24) is 16.0 Å². The lowest BCUT2D eigenvalue weighted by Gasteiger charge is -2.24. The largest absolute Gasteiger partial charge is 0.356 e. The minimum atomic E-state index is -0.145. The summed E-state index contributed by atoms with van der Waals surface area (Å²) in [5, 5.41) is 10.7. The van der Waals surface area contributed by atoms with Crippen LogP contribution in [0.15, 0.2) is 17.5 Å². The number of carbonyl (C=O) groups excluding carboxylic acids is 2. The van der Waals surface area contributed by atoms with Gasteiger partial charge in [0.25, 0.3) is 0 Å². The van der Waals surface area contributed by atoms with Gasteiger partial charge in [0.2, 0.25) is 5.91 Å². The SMILES string of the molecule is C[C@H](CNC(=O)NCCCNC(=O)C1CCC1)c1cccs1. The van der Waals surface area contributed by atoms with E-state index in [9.17, 15) is 9.59 Å². The van der Waals surface area contributed by atoms with Crippen molar-refractivity contribution in [2.24, 2.45) is 5.92 Å².